The van der Waals surface area contributed by atoms with Crippen LogP contribution in [0.4, 0.5) is 0 Å². The molecule has 1 saturated carbocycles. The predicted octanol–water partition coefficient (Wildman–Crippen LogP) is 1.10. The van der Waals surface area contributed by atoms with Crippen LogP contribution in [0.1, 0.15) is 19.3 Å². The lowest BCUT2D eigenvalue weighted by molar-refractivity contribution is -0.0991. The van der Waals surface area contributed by atoms with Gasteiger partial charge in [-0.1, -0.05) is 0 Å². The Balaban J connectivity index is 1.93. The summed E-state index contributed by atoms with van der Waals surface area (Å²) in [5, 5.41) is 0. The molecule has 0 radical (unpaired) electrons. The van der Waals surface area contributed by atoms with Gasteiger partial charge in [-0.15, -0.1) is 0 Å². The van der Waals surface area contributed by atoms with Crippen LogP contribution in [0, 0.1) is 11.8 Å². The number of piperidine rings is 3. The fourth-order valence-corrected chi connectivity index (χ4v) is 3.03. The molecule has 4 atom stereocenters. The van der Waals surface area contributed by atoms with Gasteiger partial charge in [-0.05, 0) is 31.1 Å². The van der Waals surface area contributed by atoms with Crippen LogP contribution >= 0.6 is 0 Å². The van der Waals surface area contributed by atoms with E-state index >= 15 is 0 Å². The van der Waals surface area contributed by atoms with Gasteiger partial charge in [0.15, 0.2) is 0 Å². The molecule has 0 aromatic carbocycles. The SMILES string of the molecule is C1C[C@H]2[C@@H]3C[C@@H]1CN2C3. The number of hydrogen-bond donors (Lipinski definition) is 0. The largest absolute Gasteiger partial charge is 0.299 e. The molecule has 1 nitrogen and oxygen atoms in total. The zero-order chi connectivity index (χ0) is 5.84. The summed E-state index contributed by atoms with van der Waals surface area (Å²) in [7, 11) is 0. The number of hydrogen-bond acceptors (Lipinski definition) is 1. The molecule has 1 unspecified atom stereocenters. The average Bonchev–Trinajstić information content (AvgIpc) is 1.88. The number of nitrogens with zero attached hydrogens (tertiary/aromatic N) is 1. The summed E-state index contributed by atoms with van der Waals surface area (Å²) in [6.45, 7) is 2.89. The Bertz CT molecular complexity index is 128. The Morgan fingerprint density at radius 3 is 2.44 bits per heavy atom. The Labute approximate surface area is 56.0 Å². The van der Waals surface area contributed by atoms with Crippen LogP contribution in [0.25, 0.3) is 0 Å². The third-order valence-electron chi connectivity index (χ3n) is 3.48. The Kier molecular flexibility index (Phi) is 0.704. The van der Waals surface area contributed by atoms with Gasteiger partial charge in [-0.2, -0.15) is 0 Å². The summed E-state index contributed by atoms with van der Waals surface area (Å²) in [6.07, 6.45) is 4.63. The molecule has 0 aromatic rings. The van der Waals surface area contributed by atoms with E-state index in [4.69, 9.17) is 0 Å². The Morgan fingerprint density at radius 2 is 2.11 bits per heavy atom. The lowest BCUT2D eigenvalue weighted by Crippen LogP contribution is -2.65. The molecule has 5 aliphatic rings. The van der Waals surface area contributed by atoms with E-state index in [1.807, 2.05) is 0 Å². The molecule has 9 heavy (non-hydrogen) atoms. The van der Waals surface area contributed by atoms with Crippen molar-refractivity contribution in [3.63, 3.8) is 0 Å². The van der Waals surface area contributed by atoms with Gasteiger partial charge in [0.05, 0.1) is 0 Å². The maximum Gasteiger partial charge on any atom is 0.0136 e. The lowest BCUT2D eigenvalue weighted by atomic mass is 9.66. The van der Waals surface area contributed by atoms with E-state index in [-0.39, 0.29) is 0 Å². The van der Waals surface area contributed by atoms with Crippen molar-refractivity contribution in [3.8, 4) is 0 Å². The molecule has 1 heteroatoms. The molecule has 5 rings (SSSR count). The number of fused-ring (bicyclic) bond motifs is 1. The minimum atomic E-state index is 1.05. The summed E-state index contributed by atoms with van der Waals surface area (Å²) >= 11 is 0. The molecule has 0 spiro atoms. The van der Waals surface area contributed by atoms with Crippen molar-refractivity contribution < 1.29 is 0 Å². The fourth-order valence-electron chi connectivity index (χ4n) is 3.03. The van der Waals surface area contributed by atoms with Crippen molar-refractivity contribution in [2.75, 3.05) is 13.1 Å². The van der Waals surface area contributed by atoms with Gasteiger partial charge in [0.1, 0.15) is 0 Å². The second kappa shape index (κ2) is 1.34. The van der Waals surface area contributed by atoms with E-state index in [1.165, 1.54) is 25.9 Å². The van der Waals surface area contributed by atoms with Gasteiger partial charge >= 0.3 is 0 Å². The van der Waals surface area contributed by atoms with E-state index in [0.717, 1.165) is 17.9 Å². The lowest BCUT2D eigenvalue weighted by Gasteiger charge is -2.59. The second-order valence-electron chi connectivity index (χ2n) is 3.96. The van der Waals surface area contributed by atoms with Crippen LogP contribution in [0.2, 0.25) is 0 Å². The highest BCUT2D eigenvalue weighted by Crippen LogP contribution is 2.46. The molecule has 1 aliphatic carbocycles. The second-order valence-corrected chi connectivity index (χ2v) is 3.96. The molecule has 4 saturated heterocycles. The van der Waals surface area contributed by atoms with Crippen LogP contribution in [0.15, 0.2) is 0 Å². The fraction of sp³-hybridized carbons (Fsp3) is 1.00. The first-order valence-corrected chi connectivity index (χ1v) is 4.17. The molecule has 4 aliphatic heterocycles. The summed E-state index contributed by atoms with van der Waals surface area (Å²) < 4.78 is 0. The van der Waals surface area contributed by atoms with Crippen LogP contribution in [0.3, 0.4) is 0 Å². The molecule has 0 aromatic heterocycles. The van der Waals surface area contributed by atoms with Gasteiger partial charge in [0.25, 0.3) is 0 Å². The first kappa shape index (κ1) is 4.73. The molecular formula is C8H13N. The highest BCUT2D eigenvalue weighted by molar-refractivity contribution is 5.02. The van der Waals surface area contributed by atoms with E-state index in [9.17, 15) is 0 Å². The standard InChI is InChI=1S/C8H13N/c1-2-8-7-3-6(1)4-9(8)5-7/h6-8H,1-5H2/t6-,7-,8+/m1/s1. The van der Waals surface area contributed by atoms with Gasteiger partial charge in [0, 0.05) is 19.1 Å². The van der Waals surface area contributed by atoms with Crippen LogP contribution in [0.5, 0.6) is 0 Å². The summed E-state index contributed by atoms with van der Waals surface area (Å²) in [4.78, 5) is 2.68. The van der Waals surface area contributed by atoms with Crippen LogP contribution < -0.4 is 0 Å². The zero-order valence-electron chi connectivity index (χ0n) is 5.71. The maximum absolute atomic E-state index is 2.68. The molecule has 4 heterocycles. The molecular weight excluding hydrogens is 110 g/mol. The van der Waals surface area contributed by atoms with Crippen LogP contribution in [-0.4, -0.2) is 24.0 Å². The minimum absolute atomic E-state index is 1.05. The predicted molar refractivity (Wildman–Crippen MR) is 36.2 cm³/mol. The molecule has 5 fully saturated rings. The topological polar surface area (TPSA) is 3.24 Å². The first-order chi connectivity index (χ1) is 4.43. The molecule has 0 amide bonds. The summed E-state index contributed by atoms with van der Waals surface area (Å²) in [5.41, 5.74) is 0. The first-order valence-electron chi connectivity index (χ1n) is 4.17. The number of rotatable bonds is 0. The maximum atomic E-state index is 2.68. The highest BCUT2D eigenvalue weighted by Gasteiger charge is 2.48. The van der Waals surface area contributed by atoms with Crippen molar-refractivity contribution in [2.45, 2.75) is 25.3 Å². The van der Waals surface area contributed by atoms with Crippen molar-refractivity contribution in [1.29, 1.82) is 0 Å². The van der Waals surface area contributed by atoms with E-state index < -0.39 is 0 Å². The molecule has 0 N–H and O–H groups in total. The monoisotopic (exact) mass is 123 g/mol. The molecule has 50 valence electrons. The van der Waals surface area contributed by atoms with E-state index in [0.29, 0.717) is 0 Å². The van der Waals surface area contributed by atoms with Crippen molar-refractivity contribution in [2.24, 2.45) is 11.8 Å². The zero-order valence-corrected chi connectivity index (χ0v) is 5.71. The van der Waals surface area contributed by atoms with Gasteiger partial charge in [0.2, 0.25) is 0 Å². The van der Waals surface area contributed by atoms with Gasteiger partial charge in [-0.3, -0.25) is 4.90 Å². The summed E-state index contributed by atoms with van der Waals surface area (Å²) in [5.74, 6) is 2.24. The summed E-state index contributed by atoms with van der Waals surface area (Å²) in [6, 6.07) is 1.05. The smallest absolute Gasteiger partial charge is 0.0136 e. The van der Waals surface area contributed by atoms with Crippen molar-refractivity contribution >= 4 is 0 Å². The minimum Gasteiger partial charge on any atom is -0.299 e. The third kappa shape index (κ3) is 0.454. The Morgan fingerprint density at radius 1 is 1.11 bits per heavy atom. The Hall–Kier alpha value is -0.0400. The van der Waals surface area contributed by atoms with Gasteiger partial charge < -0.3 is 0 Å². The third-order valence-corrected chi connectivity index (χ3v) is 3.48. The quantitative estimate of drug-likeness (QED) is 0.466. The van der Waals surface area contributed by atoms with Crippen LogP contribution in [-0.2, 0) is 0 Å². The highest BCUT2D eigenvalue weighted by atomic mass is 15.3. The normalized spacial score (nSPS) is 61.3. The van der Waals surface area contributed by atoms with Crippen molar-refractivity contribution in [3.05, 3.63) is 0 Å². The van der Waals surface area contributed by atoms with E-state index in [1.54, 1.807) is 6.42 Å². The van der Waals surface area contributed by atoms with Crippen molar-refractivity contribution in [1.82, 2.24) is 4.90 Å². The van der Waals surface area contributed by atoms with E-state index in [2.05, 4.69) is 4.90 Å². The average molecular weight is 123 g/mol. The van der Waals surface area contributed by atoms with Gasteiger partial charge in [-0.25, -0.2) is 0 Å². The molecule has 4 bridgehead atoms.